The highest BCUT2D eigenvalue weighted by Gasteiger charge is 2.02. The fraction of sp³-hybridized carbons (Fsp3) is 1.00. The molecule has 0 amide bonds. The molecule has 0 aliphatic carbocycles. The average molecular weight is 437 g/mol. The van der Waals surface area contributed by atoms with Crippen molar-refractivity contribution in [3.63, 3.8) is 0 Å². The summed E-state index contributed by atoms with van der Waals surface area (Å²) in [6.07, 6.45) is 0.727. The van der Waals surface area contributed by atoms with Crippen LogP contribution < -0.4 is 10.3 Å². The number of hydrogen-bond acceptors (Lipinski definition) is 9. The smallest absolute Gasteiger partial charge is 0.209 e. The Bertz CT molecular complexity index is 493. The van der Waals surface area contributed by atoms with Gasteiger partial charge < -0.3 is 23.7 Å². The van der Waals surface area contributed by atoms with Gasteiger partial charge in [0.15, 0.2) is 0 Å². The first-order valence-corrected chi connectivity index (χ1v) is 12.0. The fourth-order valence-electron chi connectivity index (χ4n) is 1.71. The number of rotatable bonds is 20. The van der Waals surface area contributed by atoms with Gasteiger partial charge in [0, 0.05) is 13.2 Å². The van der Waals surface area contributed by atoms with Gasteiger partial charge in [0.05, 0.1) is 64.4 Å². The Morgan fingerprint density at radius 1 is 0.444 bits per heavy atom. The van der Waals surface area contributed by atoms with Crippen molar-refractivity contribution < 1.29 is 40.5 Å². The second-order valence-corrected chi connectivity index (χ2v) is 8.97. The molecule has 11 nitrogen and oxygen atoms in total. The summed E-state index contributed by atoms with van der Waals surface area (Å²) in [4.78, 5) is 0. The Morgan fingerprint density at radius 3 is 0.889 bits per heavy atom. The summed E-state index contributed by atoms with van der Waals surface area (Å²) >= 11 is 0. The van der Waals surface area contributed by atoms with Gasteiger partial charge in [-0.25, -0.2) is 27.1 Å². The molecule has 0 aromatic carbocycles. The van der Waals surface area contributed by atoms with Crippen LogP contribution >= 0.6 is 0 Å². The van der Waals surface area contributed by atoms with Crippen molar-refractivity contribution in [3.8, 4) is 0 Å². The van der Waals surface area contributed by atoms with E-state index in [1.807, 2.05) is 0 Å². The Hall–Kier alpha value is -0.380. The molecule has 0 atom stereocenters. The van der Waals surface area contributed by atoms with E-state index in [9.17, 15) is 16.8 Å². The fourth-order valence-corrected chi connectivity index (χ4v) is 2.75. The molecule has 27 heavy (non-hydrogen) atoms. The third-order valence-electron chi connectivity index (χ3n) is 2.92. The summed E-state index contributed by atoms with van der Waals surface area (Å²) in [7, 11) is -6.84. The maximum absolute atomic E-state index is 10.7. The van der Waals surface area contributed by atoms with Crippen molar-refractivity contribution in [1.82, 2.24) is 0 Å². The zero-order chi connectivity index (χ0) is 20.4. The Morgan fingerprint density at radius 2 is 0.667 bits per heavy atom. The predicted octanol–water partition coefficient (Wildman–Crippen LogP) is -1.57. The van der Waals surface area contributed by atoms with E-state index >= 15 is 0 Å². The van der Waals surface area contributed by atoms with Crippen LogP contribution in [0.1, 0.15) is 12.8 Å². The van der Waals surface area contributed by atoms with Gasteiger partial charge in [-0.15, -0.1) is 0 Å². The van der Waals surface area contributed by atoms with Crippen LogP contribution in [-0.2, 0) is 43.7 Å². The number of sulfonamides is 2. The van der Waals surface area contributed by atoms with Crippen molar-refractivity contribution in [2.75, 3.05) is 77.6 Å². The van der Waals surface area contributed by atoms with Crippen LogP contribution in [0, 0.1) is 0 Å². The van der Waals surface area contributed by atoms with Crippen LogP contribution in [-0.4, -0.2) is 94.4 Å². The van der Waals surface area contributed by atoms with Crippen molar-refractivity contribution in [2.24, 2.45) is 10.3 Å². The quantitative estimate of drug-likeness (QED) is 0.214. The van der Waals surface area contributed by atoms with Crippen molar-refractivity contribution in [3.05, 3.63) is 0 Å². The van der Waals surface area contributed by atoms with Crippen molar-refractivity contribution in [1.29, 1.82) is 0 Å². The van der Waals surface area contributed by atoms with E-state index in [-0.39, 0.29) is 11.5 Å². The standard InChI is InChI=1S/C14H32N2O9S2/c15-26(17,18)13-1-3-21-5-7-23-9-11-25-12-10-24-8-6-22-4-2-14-27(16,19)20/h1-14H2,(H2,15,17,18)(H2,16,19,20). The molecule has 0 saturated heterocycles. The zero-order valence-corrected chi connectivity index (χ0v) is 17.2. The van der Waals surface area contributed by atoms with Gasteiger partial charge in [0.25, 0.3) is 0 Å². The molecule has 13 heteroatoms. The maximum atomic E-state index is 10.7. The first-order chi connectivity index (χ1) is 12.7. The lowest BCUT2D eigenvalue weighted by molar-refractivity contribution is -0.0108. The number of hydrogen-bond donors (Lipinski definition) is 2. The SMILES string of the molecule is NS(=O)(=O)CCCOCCOCCOCCOCCOCCCS(N)(=O)=O. The average Bonchev–Trinajstić information content (AvgIpc) is 2.55. The van der Waals surface area contributed by atoms with Crippen molar-refractivity contribution in [2.45, 2.75) is 12.8 Å². The highest BCUT2D eigenvalue weighted by molar-refractivity contribution is 7.89. The predicted molar refractivity (Wildman–Crippen MR) is 99.3 cm³/mol. The van der Waals surface area contributed by atoms with Gasteiger partial charge in [0.1, 0.15) is 0 Å². The topological polar surface area (TPSA) is 166 Å². The molecule has 0 unspecified atom stereocenters. The lowest BCUT2D eigenvalue weighted by Crippen LogP contribution is -2.18. The first-order valence-electron chi connectivity index (χ1n) is 8.60. The van der Waals surface area contributed by atoms with Crippen LogP contribution in [0.5, 0.6) is 0 Å². The third kappa shape index (κ3) is 25.6. The van der Waals surface area contributed by atoms with E-state index in [1.165, 1.54) is 0 Å². The molecule has 0 heterocycles. The molecule has 0 aliphatic rings. The normalized spacial score (nSPS) is 12.5. The highest BCUT2D eigenvalue weighted by Crippen LogP contribution is 1.89. The summed E-state index contributed by atoms with van der Waals surface area (Å²) in [6.45, 7) is 3.91. The summed E-state index contributed by atoms with van der Waals surface area (Å²) in [5.41, 5.74) is 0. The molecule has 0 fully saturated rings. The Kier molecular flexibility index (Phi) is 16.3. The van der Waals surface area contributed by atoms with Crippen LogP contribution in [0.4, 0.5) is 0 Å². The number of primary sulfonamides is 2. The summed E-state index contributed by atoms with van der Waals surface area (Å²) in [5, 5.41) is 9.72. The van der Waals surface area contributed by atoms with Gasteiger partial charge in [0.2, 0.25) is 20.0 Å². The van der Waals surface area contributed by atoms with Crippen LogP contribution in [0.15, 0.2) is 0 Å². The van der Waals surface area contributed by atoms with Crippen LogP contribution in [0.2, 0.25) is 0 Å². The molecule has 0 saturated carbocycles. The Labute approximate surface area is 161 Å². The van der Waals surface area contributed by atoms with E-state index in [2.05, 4.69) is 0 Å². The van der Waals surface area contributed by atoms with Gasteiger partial charge in [-0.2, -0.15) is 0 Å². The van der Waals surface area contributed by atoms with Crippen LogP contribution in [0.3, 0.4) is 0 Å². The van der Waals surface area contributed by atoms with Gasteiger partial charge >= 0.3 is 0 Å². The molecular formula is C14H32N2O9S2. The van der Waals surface area contributed by atoms with E-state index in [4.69, 9.17) is 34.0 Å². The number of nitrogens with two attached hydrogens (primary N) is 2. The third-order valence-corrected chi connectivity index (χ3v) is 4.64. The summed E-state index contributed by atoms with van der Waals surface area (Å²) < 4.78 is 69.0. The van der Waals surface area contributed by atoms with E-state index in [0.29, 0.717) is 78.9 Å². The van der Waals surface area contributed by atoms with Gasteiger partial charge in [-0.1, -0.05) is 0 Å². The largest absolute Gasteiger partial charge is 0.379 e. The van der Waals surface area contributed by atoms with E-state index in [1.54, 1.807) is 0 Å². The molecule has 0 aromatic rings. The summed E-state index contributed by atoms with van der Waals surface area (Å²) in [6, 6.07) is 0. The molecule has 0 aromatic heterocycles. The molecule has 164 valence electrons. The van der Waals surface area contributed by atoms with Crippen LogP contribution in [0.25, 0.3) is 0 Å². The molecule has 0 aliphatic heterocycles. The molecular weight excluding hydrogens is 404 g/mol. The minimum absolute atomic E-state index is 0.0888. The molecule has 0 spiro atoms. The number of ether oxygens (including phenoxy) is 5. The van der Waals surface area contributed by atoms with E-state index < -0.39 is 20.0 Å². The molecule has 0 rings (SSSR count). The summed E-state index contributed by atoms with van der Waals surface area (Å²) in [5.74, 6) is -0.178. The van der Waals surface area contributed by atoms with Gasteiger partial charge in [-0.05, 0) is 12.8 Å². The minimum atomic E-state index is -3.42. The molecule has 4 N–H and O–H groups in total. The monoisotopic (exact) mass is 436 g/mol. The van der Waals surface area contributed by atoms with Gasteiger partial charge in [-0.3, -0.25) is 0 Å². The highest BCUT2D eigenvalue weighted by atomic mass is 32.2. The zero-order valence-electron chi connectivity index (χ0n) is 15.5. The van der Waals surface area contributed by atoms with E-state index in [0.717, 1.165) is 0 Å². The second kappa shape index (κ2) is 16.6. The second-order valence-electron chi connectivity index (χ2n) is 5.50. The Balaban J connectivity index is 3.11. The van der Waals surface area contributed by atoms with Crippen molar-refractivity contribution >= 4 is 20.0 Å². The molecule has 0 bridgehead atoms. The maximum Gasteiger partial charge on any atom is 0.209 e. The minimum Gasteiger partial charge on any atom is -0.379 e. The lowest BCUT2D eigenvalue weighted by atomic mass is 10.5. The lowest BCUT2D eigenvalue weighted by Gasteiger charge is -2.08. The molecule has 0 radical (unpaired) electrons. The first kappa shape index (κ1) is 26.6.